The zero-order chi connectivity index (χ0) is 19.3. The van der Waals surface area contributed by atoms with E-state index in [0.717, 1.165) is 72.6 Å². The van der Waals surface area contributed by atoms with Gasteiger partial charge in [0.05, 0.1) is 11.6 Å². The molecular formula is C21H25N5O2. The largest absolute Gasteiger partial charge is 0.471 e. The van der Waals surface area contributed by atoms with Gasteiger partial charge in [0, 0.05) is 30.4 Å². The number of H-pyrrole nitrogens is 1. The number of aliphatic hydroxyl groups excluding tert-OH is 1. The molecule has 7 nitrogen and oxygen atoms in total. The first-order chi connectivity index (χ1) is 13.5. The van der Waals surface area contributed by atoms with E-state index in [4.69, 9.17) is 14.7 Å². The Bertz CT molecular complexity index is 1020. The first-order valence-electron chi connectivity index (χ1n) is 9.95. The third-order valence-electron chi connectivity index (χ3n) is 5.69. The minimum Gasteiger partial charge on any atom is -0.471 e. The van der Waals surface area contributed by atoms with Gasteiger partial charge in [-0.05, 0) is 57.7 Å². The quantitative estimate of drug-likeness (QED) is 0.724. The molecule has 2 aliphatic rings. The number of aromatic nitrogens is 4. The number of pyridine rings is 2. The average molecular weight is 379 g/mol. The van der Waals surface area contributed by atoms with Gasteiger partial charge < -0.3 is 14.7 Å². The number of nitrogens with zero attached hydrogens (tertiary/aromatic N) is 4. The van der Waals surface area contributed by atoms with Crippen LogP contribution in [0.4, 0.5) is 5.82 Å². The van der Waals surface area contributed by atoms with Crippen LogP contribution < -0.4 is 9.64 Å². The fourth-order valence-electron chi connectivity index (χ4n) is 3.71. The molecule has 3 aromatic rings. The molecule has 2 fully saturated rings. The van der Waals surface area contributed by atoms with Crippen LogP contribution in [0.2, 0.25) is 0 Å². The van der Waals surface area contributed by atoms with Gasteiger partial charge in [0.2, 0.25) is 5.88 Å². The minimum atomic E-state index is -0.202. The number of aliphatic hydroxyl groups is 1. The van der Waals surface area contributed by atoms with Gasteiger partial charge in [-0.25, -0.2) is 9.97 Å². The Labute approximate surface area is 163 Å². The molecule has 1 saturated heterocycles. The van der Waals surface area contributed by atoms with Crippen molar-refractivity contribution < 1.29 is 9.84 Å². The molecule has 5 rings (SSSR count). The van der Waals surface area contributed by atoms with E-state index in [1.54, 1.807) is 0 Å². The van der Waals surface area contributed by atoms with E-state index < -0.39 is 0 Å². The Morgan fingerprint density at radius 1 is 1.18 bits per heavy atom. The van der Waals surface area contributed by atoms with Crippen molar-refractivity contribution in [3.05, 3.63) is 30.0 Å². The lowest BCUT2D eigenvalue weighted by atomic mass is 10.1. The molecule has 0 bridgehead atoms. The van der Waals surface area contributed by atoms with Crippen molar-refractivity contribution >= 4 is 16.9 Å². The van der Waals surface area contributed by atoms with Gasteiger partial charge in [0.1, 0.15) is 22.6 Å². The normalized spacial score (nSPS) is 19.2. The Hall–Kier alpha value is -2.67. The fourth-order valence-corrected chi connectivity index (χ4v) is 3.71. The SMILES string of the molecule is Cc1cc(-c2n[nH]c3ccc(OC4(C)CC4)nc23)cc(N2CCC(O)CC2)n1. The highest BCUT2D eigenvalue weighted by Gasteiger charge is 2.40. The number of piperidine rings is 1. The molecule has 1 saturated carbocycles. The van der Waals surface area contributed by atoms with Crippen LogP contribution in [0, 0.1) is 6.92 Å². The molecule has 0 aromatic carbocycles. The first-order valence-corrected chi connectivity index (χ1v) is 9.95. The molecule has 146 valence electrons. The Morgan fingerprint density at radius 2 is 1.96 bits per heavy atom. The summed E-state index contributed by atoms with van der Waals surface area (Å²) in [6, 6.07) is 7.98. The lowest BCUT2D eigenvalue weighted by molar-refractivity contribution is 0.145. The predicted octanol–water partition coefficient (Wildman–Crippen LogP) is 3.22. The van der Waals surface area contributed by atoms with Crippen LogP contribution in [-0.4, -0.2) is 50.1 Å². The monoisotopic (exact) mass is 379 g/mol. The number of rotatable bonds is 4. The summed E-state index contributed by atoms with van der Waals surface area (Å²) in [5.41, 5.74) is 4.37. The zero-order valence-corrected chi connectivity index (χ0v) is 16.3. The highest BCUT2D eigenvalue weighted by atomic mass is 16.5. The van der Waals surface area contributed by atoms with Crippen LogP contribution in [0.3, 0.4) is 0 Å². The van der Waals surface area contributed by atoms with Crippen LogP contribution in [0.15, 0.2) is 24.3 Å². The lowest BCUT2D eigenvalue weighted by Crippen LogP contribution is -2.36. The summed E-state index contributed by atoms with van der Waals surface area (Å²) in [6.07, 6.45) is 3.49. The van der Waals surface area contributed by atoms with Crippen molar-refractivity contribution in [1.29, 1.82) is 0 Å². The van der Waals surface area contributed by atoms with Gasteiger partial charge in [0.25, 0.3) is 0 Å². The van der Waals surface area contributed by atoms with E-state index in [-0.39, 0.29) is 11.7 Å². The van der Waals surface area contributed by atoms with Crippen LogP contribution in [0.25, 0.3) is 22.3 Å². The molecule has 1 aliphatic heterocycles. The van der Waals surface area contributed by atoms with Crippen LogP contribution in [0.5, 0.6) is 5.88 Å². The van der Waals surface area contributed by atoms with E-state index in [0.29, 0.717) is 5.88 Å². The van der Waals surface area contributed by atoms with E-state index in [1.807, 2.05) is 25.1 Å². The van der Waals surface area contributed by atoms with Crippen molar-refractivity contribution in [3.63, 3.8) is 0 Å². The summed E-state index contributed by atoms with van der Waals surface area (Å²) in [5.74, 6) is 1.57. The maximum Gasteiger partial charge on any atom is 0.214 e. The van der Waals surface area contributed by atoms with E-state index in [1.165, 1.54) is 0 Å². The maximum atomic E-state index is 9.78. The van der Waals surface area contributed by atoms with Crippen molar-refractivity contribution in [1.82, 2.24) is 20.2 Å². The zero-order valence-electron chi connectivity index (χ0n) is 16.3. The molecule has 0 atom stereocenters. The Balaban J connectivity index is 1.51. The van der Waals surface area contributed by atoms with E-state index >= 15 is 0 Å². The molecule has 0 spiro atoms. The molecule has 2 N–H and O–H groups in total. The lowest BCUT2D eigenvalue weighted by Gasteiger charge is -2.30. The summed E-state index contributed by atoms with van der Waals surface area (Å²) < 4.78 is 6.04. The van der Waals surface area contributed by atoms with E-state index in [9.17, 15) is 5.11 Å². The molecule has 0 amide bonds. The van der Waals surface area contributed by atoms with Crippen molar-refractivity contribution in [2.24, 2.45) is 0 Å². The van der Waals surface area contributed by atoms with Crippen LogP contribution in [0.1, 0.15) is 38.3 Å². The molecule has 4 heterocycles. The molecule has 0 unspecified atom stereocenters. The van der Waals surface area contributed by atoms with Gasteiger partial charge in [-0.15, -0.1) is 0 Å². The fraction of sp³-hybridized carbons (Fsp3) is 0.476. The van der Waals surface area contributed by atoms with Crippen LogP contribution in [-0.2, 0) is 0 Å². The minimum absolute atomic E-state index is 0.0656. The highest BCUT2D eigenvalue weighted by Crippen LogP contribution is 2.39. The molecular weight excluding hydrogens is 354 g/mol. The van der Waals surface area contributed by atoms with Gasteiger partial charge in [-0.3, -0.25) is 5.10 Å². The number of aromatic amines is 1. The number of hydrogen-bond acceptors (Lipinski definition) is 6. The number of fused-ring (bicyclic) bond motifs is 1. The summed E-state index contributed by atoms with van der Waals surface area (Å²) in [6.45, 7) is 5.74. The van der Waals surface area contributed by atoms with Gasteiger partial charge in [-0.2, -0.15) is 5.10 Å². The number of ether oxygens (including phenoxy) is 1. The predicted molar refractivity (Wildman–Crippen MR) is 108 cm³/mol. The van der Waals surface area contributed by atoms with Crippen molar-refractivity contribution in [2.75, 3.05) is 18.0 Å². The number of anilines is 1. The molecule has 7 heteroatoms. The topological polar surface area (TPSA) is 87.2 Å². The maximum absolute atomic E-state index is 9.78. The Morgan fingerprint density at radius 3 is 2.71 bits per heavy atom. The van der Waals surface area contributed by atoms with E-state index in [2.05, 4.69) is 28.1 Å². The molecule has 0 radical (unpaired) electrons. The second-order valence-electron chi connectivity index (χ2n) is 8.24. The van der Waals surface area contributed by atoms with Gasteiger partial charge in [0.15, 0.2) is 0 Å². The second kappa shape index (κ2) is 6.44. The summed E-state index contributed by atoms with van der Waals surface area (Å²) in [4.78, 5) is 11.7. The highest BCUT2D eigenvalue weighted by molar-refractivity contribution is 5.90. The number of aryl methyl sites for hydroxylation is 1. The van der Waals surface area contributed by atoms with Crippen molar-refractivity contribution in [3.8, 4) is 17.1 Å². The second-order valence-corrected chi connectivity index (χ2v) is 8.24. The van der Waals surface area contributed by atoms with Crippen LogP contribution >= 0.6 is 0 Å². The smallest absolute Gasteiger partial charge is 0.214 e. The van der Waals surface area contributed by atoms with Gasteiger partial charge in [-0.1, -0.05) is 0 Å². The number of hydrogen-bond donors (Lipinski definition) is 2. The molecule has 3 aromatic heterocycles. The third-order valence-corrected chi connectivity index (χ3v) is 5.69. The first kappa shape index (κ1) is 17.4. The van der Waals surface area contributed by atoms with Crippen molar-refractivity contribution in [2.45, 2.75) is 51.2 Å². The number of nitrogens with one attached hydrogen (secondary N) is 1. The average Bonchev–Trinajstić information content (AvgIpc) is 3.25. The third kappa shape index (κ3) is 3.30. The summed E-state index contributed by atoms with van der Waals surface area (Å²) in [5, 5.41) is 17.4. The summed E-state index contributed by atoms with van der Waals surface area (Å²) in [7, 11) is 0. The van der Waals surface area contributed by atoms with Gasteiger partial charge >= 0.3 is 0 Å². The summed E-state index contributed by atoms with van der Waals surface area (Å²) >= 11 is 0. The Kier molecular flexibility index (Phi) is 4.01. The molecule has 28 heavy (non-hydrogen) atoms. The standard InChI is InChI=1S/C21H25N5O2/c1-13-11-14(12-17(22-13)26-9-5-15(27)6-10-26)19-20-16(24-25-19)3-4-18(23-20)28-21(2)7-8-21/h3-4,11-12,15,27H,5-10H2,1-2H3,(H,24,25). The molecule has 1 aliphatic carbocycles.